The van der Waals surface area contributed by atoms with E-state index in [4.69, 9.17) is 0 Å². The Morgan fingerprint density at radius 1 is 1.53 bits per heavy atom. The monoisotopic (exact) mass is 311 g/mol. The van der Waals surface area contributed by atoms with Gasteiger partial charge in [0.2, 0.25) is 5.95 Å². The summed E-state index contributed by atoms with van der Waals surface area (Å²) in [5.74, 6) is 1.01. The fraction of sp³-hybridized carbons (Fsp3) is 0.417. The van der Waals surface area contributed by atoms with Crippen molar-refractivity contribution in [2.75, 3.05) is 5.32 Å². The minimum atomic E-state index is 0.675. The van der Waals surface area contributed by atoms with Crippen LogP contribution >= 0.6 is 27.3 Å². The zero-order chi connectivity index (χ0) is 11.8. The topological polar surface area (TPSA) is 29.9 Å². The maximum Gasteiger partial charge on any atom is 0.203 e. The first kappa shape index (κ1) is 11.3. The summed E-state index contributed by atoms with van der Waals surface area (Å²) in [5, 5.41) is 3.43. The highest BCUT2D eigenvalue weighted by atomic mass is 79.9. The number of nitrogens with zero attached hydrogens (tertiary/aromatic N) is 2. The SMILES string of the molecule is Cc1cn(C2CC2)c(NCc2ccc(Br)s2)n1. The standard InChI is InChI=1S/C12H14BrN3S/c1-8-7-16(9-2-3-9)12(15-8)14-6-10-4-5-11(13)17-10/h4-5,7,9H,2-3,6H2,1H3,(H,14,15). The molecule has 1 fully saturated rings. The normalized spacial score (nSPS) is 15.2. The van der Waals surface area contributed by atoms with E-state index in [0.29, 0.717) is 6.04 Å². The molecule has 0 spiro atoms. The minimum Gasteiger partial charge on any atom is -0.351 e. The van der Waals surface area contributed by atoms with Crippen LogP contribution in [0.3, 0.4) is 0 Å². The van der Waals surface area contributed by atoms with Crippen LogP contribution in [-0.4, -0.2) is 9.55 Å². The van der Waals surface area contributed by atoms with Gasteiger partial charge in [-0.05, 0) is 47.8 Å². The Hall–Kier alpha value is -0.810. The summed E-state index contributed by atoms with van der Waals surface area (Å²) in [4.78, 5) is 5.86. The van der Waals surface area contributed by atoms with Gasteiger partial charge < -0.3 is 9.88 Å². The van der Waals surface area contributed by atoms with Crippen LogP contribution in [0, 0.1) is 6.92 Å². The van der Waals surface area contributed by atoms with Gasteiger partial charge in [0.25, 0.3) is 0 Å². The van der Waals surface area contributed by atoms with Gasteiger partial charge in [-0.2, -0.15) is 0 Å². The second-order valence-corrected chi connectivity index (χ2v) is 6.95. The average Bonchev–Trinajstić information content (AvgIpc) is 2.95. The van der Waals surface area contributed by atoms with Crippen LogP contribution in [0.5, 0.6) is 0 Å². The number of thiophene rings is 1. The van der Waals surface area contributed by atoms with Crippen molar-refractivity contribution >= 4 is 33.2 Å². The molecule has 0 atom stereocenters. The van der Waals surface area contributed by atoms with Crippen molar-refractivity contribution in [2.24, 2.45) is 0 Å². The van der Waals surface area contributed by atoms with E-state index in [1.807, 2.05) is 6.92 Å². The molecular weight excluding hydrogens is 298 g/mol. The molecular formula is C12H14BrN3S. The molecule has 1 aliphatic carbocycles. The van der Waals surface area contributed by atoms with Gasteiger partial charge in [-0.1, -0.05) is 0 Å². The largest absolute Gasteiger partial charge is 0.351 e. The lowest BCUT2D eigenvalue weighted by molar-refractivity contribution is 0.743. The Morgan fingerprint density at radius 3 is 3.00 bits per heavy atom. The zero-order valence-electron chi connectivity index (χ0n) is 9.61. The molecule has 0 bridgehead atoms. The number of rotatable bonds is 4. The fourth-order valence-corrected chi connectivity index (χ4v) is 3.31. The predicted molar refractivity (Wildman–Crippen MR) is 74.6 cm³/mol. The Balaban J connectivity index is 1.72. The van der Waals surface area contributed by atoms with Gasteiger partial charge in [0, 0.05) is 17.1 Å². The minimum absolute atomic E-state index is 0.675. The molecule has 0 unspecified atom stereocenters. The summed E-state index contributed by atoms with van der Waals surface area (Å²) < 4.78 is 3.45. The Kier molecular flexibility index (Phi) is 2.96. The molecule has 90 valence electrons. The van der Waals surface area contributed by atoms with Crippen LogP contribution in [0.15, 0.2) is 22.1 Å². The lowest BCUT2D eigenvalue weighted by atomic mass is 10.5. The summed E-state index contributed by atoms with van der Waals surface area (Å²) in [7, 11) is 0. The van der Waals surface area contributed by atoms with Gasteiger partial charge in [0.1, 0.15) is 0 Å². The molecule has 0 amide bonds. The zero-order valence-corrected chi connectivity index (χ0v) is 12.0. The molecule has 17 heavy (non-hydrogen) atoms. The highest BCUT2D eigenvalue weighted by Crippen LogP contribution is 2.37. The quantitative estimate of drug-likeness (QED) is 0.926. The molecule has 0 aromatic carbocycles. The van der Waals surface area contributed by atoms with Crippen LogP contribution in [0.4, 0.5) is 5.95 Å². The molecule has 5 heteroatoms. The summed E-state index contributed by atoms with van der Waals surface area (Å²) in [6.07, 6.45) is 4.72. The second-order valence-electron chi connectivity index (χ2n) is 4.40. The summed E-state index contributed by atoms with van der Waals surface area (Å²) >= 11 is 5.24. The Bertz CT molecular complexity index is 528. The number of halogens is 1. The van der Waals surface area contributed by atoms with Gasteiger partial charge in [-0.15, -0.1) is 11.3 Å². The number of imidazole rings is 1. The van der Waals surface area contributed by atoms with Crippen molar-refractivity contribution in [3.63, 3.8) is 0 Å². The van der Waals surface area contributed by atoms with Crippen molar-refractivity contribution in [3.05, 3.63) is 32.7 Å². The first-order chi connectivity index (χ1) is 8.22. The van der Waals surface area contributed by atoms with Gasteiger partial charge in [-0.3, -0.25) is 0 Å². The molecule has 1 saturated carbocycles. The molecule has 2 heterocycles. The van der Waals surface area contributed by atoms with Gasteiger partial charge in [-0.25, -0.2) is 4.98 Å². The first-order valence-electron chi connectivity index (χ1n) is 5.76. The van der Waals surface area contributed by atoms with Gasteiger partial charge >= 0.3 is 0 Å². The summed E-state index contributed by atoms with van der Waals surface area (Å²) in [5.41, 5.74) is 1.09. The van der Waals surface area contributed by atoms with Crippen LogP contribution in [0.25, 0.3) is 0 Å². The van der Waals surface area contributed by atoms with E-state index in [1.165, 1.54) is 21.5 Å². The van der Waals surface area contributed by atoms with Gasteiger partial charge in [0.05, 0.1) is 16.0 Å². The highest BCUT2D eigenvalue weighted by Gasteiger charge is 2.26. The molecule has 1 N–H and O–H groups in total. The second kappa shape index (κ2) is 4.46. The number of anilines is 1. The molecule has 1 aliphatic rings. The Morgan fingerprint density at radius 2 is 2.35 bits per heavy atom. The molecule has 0 aliphatic heterocycles. The van der Waals surface area contributed by atoms with E-state index < -0.39 is 0 Å². The predicted octanol–water partition coefficient (Wildman–Crippen LogP) is 3.96. The first-order valence-corrected chi connectivity index (χ1v) is 7.37. The highest BCUT2D eigenvalue weighted by molar-refractivity contribution is 9.11. The summed E-state index contributed by atoms with van der Waals surface area (Å²) in [6, 6.07) is 4.90. The molecule has 2 aromatic rings. The van der Waals surface area contributed by atoms with E-state index in [9.17, 15) is 0 Å². The average molecular weight is 312 g/mol. The third-order valence-electron chi connectivity index (χ3n) is 2.84. The van der Waals surface area contributed by atoms with Crippen molar-refractivity contribution < 1.29 is 0 Å². The van der Waals surface area contributed by atoms with Crippen molar-refractivity contribution in [2.45, 2.75) is 32.4 Å². The van der Waals surface area contributed by atoms with Crippen LogP contribution < -0.4 is 5.32 Å². The number of aromatic nitrogens is 2. The van der Waals surface area contributed by atoms with E-state index in [-0.39, 0.29) is 0 Å². The maximum absolute atomic E-state index is 4.54. The number of aryl methyl sites for hydroxylation is 1. The van der Waals surface area contributed by atoms with Crippen molar-refractivity contribution in [3.8, 4) is 0 Å². The van der Waals surface area contributed by atoms with E-state index in [1.54, 1.807) is 11.3 Å². The molecule has 3 rings (SSSR count). The smallest absolute Gasteiger partial charge is 0.203 e. The van der Waals surface area contributed by atoms with Crippen LogP contribution in [0.2, 0.25) is 0 Å². The van der Waals surface area contributed by atoms with E-state index >= 15 is 0 Å². The maximum atomic E-state index is 4.54. The number of nitrogens with one attached hydrogen (secondary N) is 1. The molecule has 3 nitrogen and oxygen atoms in total. The van der Waals surface area contributed by atoms with Crippen LogP contribution in [-0.2, 0) is 6.54 Å². The van der Waals surface area contributed by atoms with Crippen molar-refractivity contribution in [1.82, 2.24) is 9.55 Å². The number of hydrogen-bond acceptors (Lipinski definition) is 3. The van der Waals surface area contributed by atoms with Crippen LogP contribution in [0.1, 0.15) is 29.5 Å². The Labute approximate surface area is 113 Å². The summed E-state index contributed by atoms with van der Waals surface area (Å²) in [6.45, 7) is 2.89. The number of hydrogen-bond donors (Lipinski definition) is 1. The lowest BCUT2D eigenvalue weighted by Gasteiger charge is -2.07. The third kappa shape index (κ3) is 2.55. The van der Waals surface area contributed by atoms with E-state index in [0.717, 1.165) is 18.2 Å². The van der Waals surface area contributed by atoms with E-state index in [2.05, 4.69) is 49.1 Å². The third-order valence-corrected chi connectivity index (χ3v) is 4.47. The van der Waals surface area contributed by atoms with Gasteiger partial charge in [0.15, 0.2) is 0 Å². The fourth-order valence-electron chi connectivity index (χ4n) is 1.89. The molecule has 2 aromatic heterocycles. The molecule has 0 saturated heterocycles. The molecule has 0 radical (unpaired) electrons. The van der Waals surface area contributed by atoms with Crippen molar-refractivity contribution in [1.29, 1.82) is 0 Å². The lowest BCUT2D eigenvalue weighted by Crippen LogP contribution is -2.05.